The number of hydrogen-bond donors (Lipinski definition) is 1. The Morgan fingerprint density at radius 1 is 1.09 bits per heavy atom. The van der Waals surface area contributed by atoms with E-state index in [1.165, 1.54) is 5.56 Å². The van der Waals surface area contributed by atoms with Crippen LogP contribution in [0.5, 0.6) is 5.75 Å². The molecule has 0 saturated heterocycles. The van der Waals surface area contributed by atoms with E-state index in [9.17, 15) is 4.79 Å². The van der Waals surface area contributed by atoms with Gasteiger partial charge in [-0.15, -0.1) is 0 Å². The van der Waals surface area contributed by atoms with E-state index in [1.54, 1.807) is 12.1 Å². The molecule has 1 aromatic heterocycles. The number of rotatable bonds is 6. The number of carbonyl (C=O) groups excluding carboxylic acids is 1. The molecule has 0 atom stereocenters. The van der Waals surface area contributed by atoms with Gasteiger partial charge in [0, 0.05) is 5.56 Å². The summed E-state index contributed by atoms with van der Waals surface area (Å²) in [6.07, 6.45) is 0. The Bertz CT molecular complexity index is 1280. The van der Waals surface area contributed by atoms with Crippen LogP contribution in [0.2, 0.25) is 5.02 Å². The lowest BCUT2D eigenvalue weighted by atomic mass is 10.0. The summed E-state index contributed by atoms with van der Waals surface area (Å²) in [5.74, 6) is 1.25. The van der Waals surface area contributed by atoms with Gasteiger partial charge in [0.15, 0.2) is 12.2 Å². The number of nitrogens with one attached hydrogen (secondary N) is 1. The third-order valence-corrected chi connectivity index (χ3v) is 5.55. The minimum Gasteiger partial charge on any atom is -0.484 e. The maximum Gasteiger partial charge on any atom is 0.262 e. The van der Waals surface area contributed by atoms with Crippen molar-refractivity contribution in [2.75, 3.05) is 11.9 Å². The molecule has 4 rings (SSSR count). The Balaban J connectivity index is 1.48. The van der Waals surface area contributed by atoms with Crippen molar-refractivity contribution in [3.05, 3.63) is 76.3 Å². The number of fused-ring (bicyclic) bond motifs is 1. The van der Waals surface area contributed by atoms with E-state index in [1.807, 2.05) is 50.2 Å². The Morgan fingerprint density at radius 2 is 1.84 bits per heavy atom. The highest BCUT2D eigenvalue weighted by Gasteiger charge is 2.14. The average Bonchev–Trinajstić information content (AvgIpc) is 3.18. The van der Waals surface area contributed by atoms with Gasteiger partial charge in [0.2, 0.25) is 5.89 Å². The van der Waals surface area contributed by atoms with Crippen molar-refractivity contribution in [1.29, 1.82) is 0 Å². The van der Waals surface area contributed by atoms with Crippen LogP contribution in [-0.4, -0.2) is 17.5 Å². The van der Waals surface area contributed by atoms with Gasteiger partial charge in [-0.05, 0) is 72.9 Å². The zero-order valence-corrected chi connectivity index (χ0v) is 19.3. The van der Waals surface area contributed by atoms with Crippen LogP contribution >= 0.6 is 11.6 Å². The van der Waals surface area contributed by atoms with Gasteiger partial charge in [-0.3, -0.25) is 4.79 Å². The molecule has 0 spiro atoms. The molecule has 32 heavy (non-hydrogen) atoms. The van der Waals surface area contributed by atoms with E-state index in [4.69, 9.17) is 20.8 Å². The van der Waals surface area contributed by atoms with Crippen LogP contribution in [0.3, 0.4) is 0 Å². The fourth-order valence-electron chi connectivity index (χ4n) is 3.54. The Kier molecular flexibility index (Phi) is 6.19. The summed E-state index contributed by atoms with van der Waals surface area (Å²) in [6, 6.07) is 17.1. The van der Waals surface area contributed by atoms with Crippen LogP contribution in [0.25, 0.3) is 22.6 Å². The summed E-state index contributed by atoms with van der Waals surface area (Å²) in [4.78, 5) is 17.1. The first-order chi connectivity index (χ1) is 15.3. The van der Waals surface area contributed by atoms with Crippen molar-refractivity contribution in [3.8, 4) is 17.2 Å². The number of amides is 1. The number of oxazole rings is 1. The molecule has 0 aliphatic heterocycles. The zero-order chi connectivity index (χ0) is 22.8. The summed E-state index contributed by atoms with van der Waals surface area (Å²) in [5, 5.41) is 3.23. The molecule has 1 N–H and O–H groups in total. The number of benzene rings is 3. The van der Waals surface area contributed by atoms with Crippen molar-refractivity contribution < 1.29 is 13.9 Å². The van der Waals surface area contributed by atoms with Gasteiger partial charge >= 0.3 is 0 Å². The predicted octanol–water partition coefficient (Wildman–Crippen LogP) is 6.91. The van der Waals surface area contributed by atoms with Gasteiger partial charge in [-0.25, -0.2) is 4.98 Å². The van der Waals surface area contributed by atoms with E-state index >= 15 is 0 Å². The second-order valence-corrected chi connectivity index (χ2v) is 8.61. The first-order valence-corrected chi connectivity index (χ1v) is 10.9. The largest absolute Gasteiger partial charge is 0.484 e. The molecule has 1 amide bonds. The van der Waals surface area contributed by atoms with Crippen LogP contribution in [0.1, 0.15) is 36.5 Å². The first-order valence-electron chi connectivity index (χ1n) is 10.5. The summed E-state index contributed by atoms with van der Waals surface area (Å²) in [5.41, 5.74) is 6.12. The van der Waals surface area contributed by atoms with Crippen molar-refractivity contribution in [1.82, 2.24) is 4.98 Å². The number of ether oxygens (including phenoxy) is 1. The zero-order valence-electron chi connectivity index (χ0n) is 18.5. The van der Waals surface area contributed by atoms with Gasteiger partial charge in [0.25, 0.3) is 5.91 Å². The van der Waals surface area contributed by atoms with Gasteiger partial charge in [-0.1, -0.05) is 43.6 Å². The second kappa shape index (κ2) is 9.05. The van der Waals surface area contributed by atoms with E-state index in [0.717, 1.165) is 27.8 Å². The molecule has 0 unspecified atom stereocenters. The van der Waals surface area contributed by atoms with Crippen LogP contribution in [0.4, 0.5) is 5.69 Å². The predicted molar refractivity (Wildman–Crippen MR) is 129 cm³/mol. The van der Waals surface area contributed by atoms with Crippen LogP contribution < -0.4 is 10.1 Å². The van der Waals surface area contributed by atoms with E-state index in [2.05, 4.69) is 30.2 Å². The molecule has 5 nitrogen and oxygen atoms in total. The first kappa shape index (κ1) is 21.9. The Morgan fingerprint density at radius 3 is 2.56 bits per heavy atom. The fourth-order valence-corrected chi connectivity index (χ4v) is 3.70. The van der Waals surface area contributed by atoms with Crippen molar-refractivity contribution >= 4 is 34.3 Å². The summed E-state index contributed by atoms with van der Waals surface area (Å²) in [6.45, 7) is 8.16. The van der Waals surface area contributed by atoms with Crippen molar-refractivity contribution in [2.24, 2.45) is 0 Å². The monoisotopic (exact) mass is 448 g/mol. The number of anilines is 1. The third-order valence-electron chi connectivity index (χ3n) is 5.22. The average molecular weight is 449 g/mol. The molecule has 0 aliphatic rings. The Hall–Kier alpha value is -3.31. The number of halogens is 1. The molecule has 3 aromatic carbocycles. The highest BCUT2D eigenvalue weighted by molar-refractivity contribution is 6.33. The van der Waals surface area contributed by atoms with Crippen molar-refractivity contribution in [2.45, 2.75) is 33.6 Å². The molecule has 0 radical (unpaired) electrons. The smallest absolute Gasteiger partial charge is 0.262 e. The molecule has 164 valence electrons. The highest BCUT2D eigenvalue weighted by Crippen LogP contribution is 2.32. The van der Waals surface area contributed by atoms with Crippen LogP contribution in [0.15, 0.2) is 59.0 Å². The van der Waals surface area contributed by atoms with Gasteiger partial charge < -0.3 is 14.5 Å². The Labute approximate surface area is 192 Å². The lowest BCUT2D eigenvalue weighted by Crippen LogP contribution is -2.20. The SMILES string of the molecule is Cc1cc(C)c2oc(-c3ccc(Cl)c(NC(=O)COc4ccc(C(C)C)cc4)c3)nc2c1. The number of carbonyl (C=O) groups is 1. The number of aromatic nitrogens is 1. The summed E-state index contributed by atoms with van der Waals surface area (Å²) in [7, 11) is 0. The van der Waals surface area contributed by atoms with E-state index in [0.29, 0.717) is 28.3 Å². The molecular weight excluding hydrogens is 424 g/mol. The lowest BCUT2D eigenvalue weighted by molar-refractivity contribution is -0.118. The van der Waals surface area contributed by atoms with Gasteiger partial charge in [0.1, 0.15) is 11.3 Å². The van der Waals surface area contributed by atoms with Gasteiger partial charge in [0.05, 0.1) is 10.7 Å². The molecule has 0 aliphatic carbocycles. The summed E-state index contributed by atoms with van der Waals surface area (Å²) < 4.78 is 11.6. The molecule has 6 heteroatoms. The van der Waals surface area contributed by atoms with Crippen molar-refractivity contribution in [3.63, 3.8) is 0 Å². The molecule has 0 bridgehead atoms. The third kappa shape index (κ3) is 4.78. The second-order valence-electron chi connectivity index (χ2n) is 8.20. The van der Waals surface area contributed by atoms with Crippen LogP contribution in [-0.2, 0) is 4.79 Å². The van der Waals surface area contributed by atoms with E-state index < -0.39 is 0 Å². The minimum absolute atomic E-state index is 0.122. The summed E-state index contributed by atoms with van der Waals surface area (Å²) >= 11 is 6.31. The standard InChI is InChI=1S/C26H25ClN2O3/c1-15(2)18-5-8-20(9-6-18)31-14-24(30)28-22-13-19(7-10-21(22)27)26-29-23-12-16(3)11-17(4)25(23)32-26/h5-13,15H,14H2,1-4H3,(H,28,30). The molecule has 0 saturated carbocycles. The number of hydrogen-bond acceptors (Lipinski definition) is 4. The maximum atomic E-state index is 12.5. The molecular formula is C26H25ClN2O3. The fraction of sp³-hybridized carbons (Fsp3) is 0.231. The van der Waals surface area contributed by atoms with E-state index in [-0.39, 0.29) is 12.5 Å². The molecule has 4 aromatic rings. The maximum absolute atomic E-state index is 12.5. The normalized spacial score (nSPS) is 11.2. The minimum atomic E-state index is -0.305. The number of aryl methyl sites for hydroxylation is 2. The molecule has 0 fully saturated rings. The van der Waals surface area contributed by atoms with Gasteiger partial charge in [-0.2, -0.15) is 0 Å². The quantitative estimate of drug-likeness (QED) is 0.348. The van der Waals surface area contributed by atoms with Crippen LogP contribution in [0, 0.1) is 13.8 Å². The highest BCUT2D eigenvalue weighted by atomic mass is 35.5. The molecule has 1 heterocycles. The lowest BCUT2D eigenvalue weighted by Gasteiger charge is -2.11. The number of nitrogens with zero attached hydrogens (tertiary/aromatic N) is 1. The topological polar surface area (TPSA) is 64.4 Å².